The van der Waals surface area contributed by atoms with E-state index in [-0.39, 0.29) is 24.0 Å². The molecule has 0 radical (unpaired) electrons. The van der Waals surface area contributed by atoms with Crippen molar-refractivity contribution in [1.29, 1.82) is 0 Å². The number of carbonyl (C=O) groups is 1. The zero-order chi connectivity index (χ0) is 24.4. The molecule has 1 aromatic heterocycles. The summed E-state index contributed by atoms with van der Waals surface area (Å²) < 4.78 is 49.0. The first-order valence-electron chi connectivity index (χ1n) is 10.6. The first-order chi connectivity index (χ1) is 15.8. The van der Waals surface area contributed by atoms with E-state index in [9.17, 15) is 18.0 Å². The molecule has 10 heteroatoms. The maximum Gasteiger partial charge on any atom is 0.387 e. The van der Waals surface area contributed by atoms with Gasteiger partial charge in [-0.05, 0) is 55.9 Å². The number of nitrogens with one attached hydrogen (secondary N) is 1. The van der Waals surface area contributed by atoms with Crippen LogP contribution in [0.15, 0.2) is 41.5 Å². The van der Waals surface area contributed by atoms with Gasteiger partial charge in [-0.25, -0.2) is 9.37 Å². The predicted molar refractivity (Wildman–Crippen MR) is 120 cm³/mol. The number of ether oxygens (including phenoxy) is 2. The van der Waals surface area contributed by atoms with Crippen LogP contribution in [0.25, 0.3) is 0 Å². The fourth-order valence-corrected chi connectivity index (χ4v) is 3.73. The summed E-state index contributed by atoms with van der Waals surface area (Å²) in [7, 11) is 0. The third-order valence-electron chi connectivity index (χ3n) is 5.27. The molecule has 1 amide bonds. The van der Waals surface area contributed by atoms with Crippen molar-refractivity contribution >= 4 is 18.3 Å². The van der Waals surface area contributed by atoms with Crippen LogP contribution in [-0.4, -0.2) is 44.0 Å². The van der Waals surface area contributed by atoms with Crippen LogP contribution in [-0.2, 0) is 10.3 Å². The summed E-state index contributed by atoms with van der Waals surface area (Å²) in [5.41, 5.74) is 4.54. The first kappa shape index (κ1) is 26.3. The number of hydrogen-bond acceptors (Lipinski definition) is 6. The summed E-state index contributed by atoms with van der Waals surface area (Å²) in [4.78, 5) is 20.6. The summed E-state index contributed by atoms with van der Waals surface area (Å²) in [6, 6.07) is 6.67. The Hall–Kier alpha value is -2.98. The number of nitrogens with zero attached hydrogens (tertiary/aromatic N) is 2. The Bertz CT molecular complexity index is 928. The number of halogens is 3. The molecule has 2 heterocycles. The Morgan fingerprint density at radius 2 is 2.12 bits per heavy atom. The number of alkyl halides is 2. The number of carbonyl (C=O) groups excluding carboxylic acids is 1. The molecule has 0 bridgehead atoms. The lowest BCUT2D eigenvalue weighted by molar-refractivity contribution is -0.0500. The first-order valence-corrected chi connectivity index (χ1v) is 10.6. The Morgan fingerprint density at radius 1 is 1.39 bits per heavy atom. The number of rotatable bonds is 7. The fraction of sp³-hybridized carbons (Fsp3) is 0.435. The van der Waals surface area contributed by atoms with E-state index in [2.05, 4.69) is 26.7 Å². The van der Waals surface area contributed by atoms with Crippen molar-refractivity contribution in [3.8, 4) is 5.75 Å². The van der Waals surface area contributed by atoms with Crippen molar-refractivity contribution in [2.75, 3.05) is 25.1 Å². The molecule has 0 saturated carbocycles. The quantitative estimate of drug-likeness (QED) is 0.590. The van der Waals surface area contributed by atoms with Crippen molar-refractivity contribution < 1.29 is 27.4 Å². The molecule has 0 spiro atoms. The van der Waals surface area contributed by atoms with E-state index >= 15 is 0 Å². The van der Waals surface area contributed by atoms with Gasteiger partial charge in [0.25, 0.3) is 5.91 Å². The van der Waals surface area contributed by atoms with Crippen molar-refractivity contribution in [1.82, 2.24) is 4.98 Å². The van der Waals surface area contributed by atoms with Gasteiger partial charge < -0.3 is 20.5 Å². The Balaban J connectivity index is 0.00000122. The minimum atomic E-state index is -2.98. The van der Waals surface area contributed by atoms with Gasteiger partial charge in [-0.2, -0.15) is 8.78 Å². The number of amides is 1. The van der Waals surface area contributed by atoms with Gasteiger partial charge in [0.15, 0.2) is 0 Å². The molecule has 3 N–H and O–H groups in total. The third-order valence-corrected chi connectivity index (χ3v) is 5.27. The maximum absolute atomic E-state index is 14.8. The van der Waals surface area contributed by atoms with Crippen LogP contribution in [0.4, 0.5) is 18.9 Å². The van der Waals surface area contributed by atoms with Gasteiger partial charge in [0.05, 0.1) is 12.8 Å². The molecule has 2 aromatic rings. The topological polar surface area (TPSA) is 98.8 Å². The van der Waals surface area contributed by atoms with Gasteiger partial charge in [0, 0.05) is 17.9 Å². The van der Waals surface area contributed by atoms with E-state index in [0.29, 0.717) is 17.9 Å². The van der Waals surface area contributed by atoms with Gasteiger partial charge in [-0.15, -0.1) is 0 Å². The number of nitrogens with two attached hydrogens (primary N) is 1. The molecule has 180 valence electrons. The summed E-state index contributed by atoms with van der Waals surface area (Å²) >= 11 is 0. The molecule has 3 rings (SSSR count). The van der Waals surface area contributed by atoms with Crippen LogP contribution < -0.4 is 15.8 Å². The summed E-state index contributed by atoms with van der Waals surface area (Å²) in [5.74, 6) is -1.15. The van der Waals surface area contributed by atoms with Crippen LogP contribution in [0.5, 0.6) is 5.75 Å². The molecule has 2 atom stereocenters. The minimum absolute atomic E-state index is 0.00788. The second kappa shape index (κ2) is 12.3. The average molecular weight is 467 g/mol. The van der Waals surface area contributed by atoms with E-state index in [4.69, 9.17) is 10.5 Å². The van der Waals surface area contributed by atoms with Crippen LogP contribution in [0.1, 0.15) is 42.7 Å². The third kappa shape index (κ3) is 6.52. The fourth-order valence-electron chi connectivity index (χ4n) is 3.73. The molecule has 1 aliphatic heterocycles. The molecule has 2 unspecified atom stereocenters. The molecule has 1 saturated heterocycles. The Labute approximate surface area is 191 Å². The number of benzene rings is 1. The van der Waals surface area contributed by atoms with Crippen molar-refractivity contribution in [3.63, 3.8) is 0 Å². The van der Waals surface area contributed by atoms with Crippen LogP contribution in [0.2, 0.25) is 0 Å². The lowest BCUT2D eigenvalue weighted by atomic mass is 9.74. The largest absolute Gasteiger partial charge is 0.433 e. The highest BCUT2D eigenvalue weighted by Gasteiger charge is 2.43. The molecular weight excluding hydrogens is 437 g/mol. The normalized spacial score (nSPS) is 19.9. The molecule has 7 nitrogen and oxygen atoms in total. The Kier molecular flexibility index (Phi) is 9.80. The van der Waals surface area contributed by atoms with E-state index < -0.39 is 23.9 Å². The zero-order valence-corrected chi connectivity index (χ0v) is 18.7. The summed E-state index contributed by atoms with van der Waals surface area (Å²) in [6.07, 6.45) is 2.52. The highest BCUT2D eigenvalue weighted by molar-refractivity contribution is 6.02. The molecule has 1 aromatic carbocycles. The number of aromatic nitrogens is 1. The molecule has 0 aliphatic carbocycles. The number of hydrogen-bond donors (Lipinski definition) is 2. The highest BCUT2D eigenvalue weighted by Crippen LogP contribution is 2.42. The molecule has 1 aliphatic rings. The van der Waals surface area contributed by atoms with Gasteiger partial charge in [-0.1, -0.05) is 20.3 Å². The van der Waals surface area contributed by atoms with E-state index in [0.717, 1.165) is 25.6 Å². The van der Waals surface area contributed by atoms with Crippen molar-refractivity contribution in [2.45, 2.75) is 38.8 Å². The molecular formula is C23H29F3N4O3. The predicted octanol–water partition coefficient (Wildman–Crippen LogP) is 4.38. The zero-order valence-electron chi connectivity index (χ0n) is 18.7. The minimum Gasteiger partial charge on any atom is -0.433 e. The molecule has 1 fully saturated rings. The number of anilines is 1. The van der Waals surface area contributed by atoms with Crippen molar-refractivity contribution in [3.05, 3.63) is 53.6 Å². The van der Waals surface area contributed by atoms with Gasteiger partial charge >= 0.3 is 6.61 Å². The second-order valence-corrected chi connectivity index (χ2v) is 7.34. The smallest absolute Gasteiger partial charge is 0.387 e. The summed E-state index contributed by atoms with van der Waals surface area (Å²) in [5, 5.41) is 2.64. The van der Waals surface area contributed by atoms with Gasteiger partial charge in [0.1, 0.15) is 22.8 Å². The SMILES string of the molecule is C=NC1(c2cc(NC(=O)c3ccc(OC(F)F)cn3)ccc2F)COCCC1CC.CCN. The highest BCUT2D eigenvalue weighted by atomic mass is 19.3. The lowest BCUT2D eigenvalue weighted by Gasteiger charge is -2.41. The van der Waals surface area contributed by atoms with Gasteiger partial charge in [0.2, 0.25) is 0 Å². The van der Waals surface area contributed by atoms with Crippen LogP contribution in [0, 0.1) is 11.7 Å². The summed E-state index contributed by atoms with van der Waals surface area (Å²) in [6.45, 7) is 6.14. The maximum atomic E-state index is 14.8. The molecule has 33 heavy (non-hydrogen) atoms. The van der Waals surface area contributed by atoms with E-state index in [1.54, 1.807) is 0 Å². The number of pyridine rings is 1. The monoisotopic (exact) mass is 466 g/mol. The number of aliphatic imine (C=N–C) groups is 1. The standard InChI is InChI=1S/C21H22F3N3O3.C2H7N/c1-3-13-8-9-29-12-21(13,25-2)16-10-14(4-6-17(16)22)27-19(28)18-7-5-15(11-26-18)30-20(23)24;1-2-3/h4-7,10-11,13,20H,2-3,8-9,12H2,1H3,(H,27,28);2-3H2,1H3. The van der Waals surface area contributed by atoms with Crippen molar-refractivity contribution in [2.24, 2.45) is 16.6 Å². The van der Waals surface area contributed by atoms with E-state index in [1.165, 1.54) is 30.3 Å². The average Bonchev–Trinajstić information content (AvgIpc) is 2.80. The van der Waals surface area contributed by atoms with Crippen LogP contribution in [0.3, 0.4) is 0 Å². The Morgan fingerprint density at radius 3 is 2.70 bits per heavy atom. The van der Waals surface area contributed by atoms with Crippen LogP contribution >= 0.6 is 0 Å². The van der Waals surface area contributed by atoms with E-state index in [1.807, 2.05) is 13.8 Å². The van der Waals surface area contributed by atoms with Gasteiger partial charge in [-0.3, -0.25) is 9.79 Å². The second-order valence-electron chi connectivity index (χ2n) is 7.34. The lowest BCUT2D eigenvalue weighted by Crippen LogP contribution is -2.43.